The highest BCUT2D eigenvalue weighted by Crippen LogP contribution is 2.40. The van der Waals surface area contributed by atoms with Crippen molar-refractivity contribution in [2.45, 2.75) is 18.6 Å². The zero-order valence-electron chi connectivity index (χ0n) is 19.5. The summed E-state index contributed by atoms with van der Waals surface area (Å²) in [5.74, 6) is 1.35. The van der Waals surface area contributed by atoms with Gasteiger partial charge in [-0.2, -0.15) is 0 Å². The van der Waals surface area contributed by atoms with Crippen molar-refractivity contribution >= 4 is 5.69 Å². The van der Waals surface area contributed by atoms with Gasteiger partial charge in [-0.15, -0.1) is 0 Å². The lowest BCUT2D eigenvalue weighted by Gasteiger charge is -2.39. The summed E-state index contributed by atoms with van der Waals surface area (Å²) in [6.07, 6.45) is 3.47. The van der Waals surface area contributed by atoms with Crippen LogP contribution in [0.1, 0.15) is 11.6 Å². The monoisotopic (exact) mass is 463 g/mol. The van der Waals surface area contributed by atoms with Gasteiger partial charge in [0, 0.05) is 31.6 Å². The molecule has 1 aliphatic rings. The van der Waals surface area contributed by atoms with Gasteiger partial charge in [0.15, 0.2) is 0 Å². The largest absolute Gasteiger partial charge is 0.501 e. The SMILES string of the molecule is COC[C@H]1C(OC)=C[C@@H](n2ccc(=O)[nH]c2=O)[C@@H]1N(Cc1ccccc1)c1ccc(OC)cc1. The molecule has 0 spiro atoms. The highest BCUT2D eigenvalue weighted by atomic mass is 16.5. The van der Waals surface area contributed by atoms with Crippen LogP contribution in [0.2, 0.25) is 0 Å². The molecule has 0 saturated carbocycles. The van der Waals surface area contributed by atoms with Gasteiger partial charge >= 0.3 is 5.69 Å². The molecule has 0 aliphatic heterocycles. The molecule has 1 N–H and O–H groups in total. The van der Waals surface area contributed by atoms with Crippen LogP contribution in [0.25, 0.3) is 0 Å². The van der Waals surface area contributed by atoms with E-state index >= 15 is 0 Å². The van der Waals surface area contributed by atoms with Gasteiger partial charge in [0.1, 0.15) is 11.5 Å². The molecule has 1 aromatic heterocycles. The van der Waals surface area contributed by atoms with Crippen molar-refractivity contribution in [2.75, 3.05) is 32.8 Å². The number of hydrogen-bond donors (Lipinski definition) is 1. The first-order valence-corrected chi connectivity index (χ1v) is 11.1. The van der Waals surface area contributed by atoms with Crippen molar-refractivity contribution in [3.63, 3.8) is 0 Å². The first kappa shape index (κ1) is 23.4. The van der Waals surface area contributed by atoms with Crippen LogP contribution in [0.4, 0.5) is 5.69 Å². The first-order valence-electron chi connectivity index (χ1n) is 11.1. The van der Waals surface area contributed by atoms with E-state index in [0.29, 0.717) is 13.2 Å². The average Bonchev–Trinajstić information content (AvgIpc) is 3.21. The predicted molar refractivity (Wildman–Crippen MR) is 130 cm³/mol. The number of rotatable bonds is 9. The van der Waals surface area contributed by atoms with E-state index in [9.17, 15) is 9.59 Å². The maximum atomic E-state index is 12.8. The van der Waals surface area contributed by atoms with E-state index in [1.165, 1.54) is 12.3 Å². The van der Waals surface area contributed by atoms with Gasteiger partial charge in [-0.05, 0) is 35.9 Å². The Morgan fingerprint density at radius 2 is 1.68 bits per heavy atom. The molecule has 8 heteroatoms. The summed E-state index contributed by atoms with van der Waals surface area (Å²) in [5.41, 5.74) is 1.18. The van der Waals surface area contributed by atoms with Crippen molar-refractivity contribution < 1.29 is 14.2 Å². The molecule has 0 fully saturated rings. The van der Waals surface area contributed by atoms with Gasteiger partial charge in [-0.25, -0.2) is 4.79 Å². The molecule has 0 radical (unpaired) electrons. The molecule has 0 saturated heterocycles. The van der Waals surface area contributed by atoms with Gasteiger partial charge in [0.25, 0.3) is 5.56 Å². The van der Waals surface area contributed by atoms with E-state index in [4.69, 9.17) is 14.2 Å². The summed E-state index contributed by atoms with van der Waals surface area (Å²) in [4.78, 5) is 29.2. The fourth-order valence-electron chi connectivity index (χ4n) is 4.61. The molecule has 0 bridgehead atoms. The number of aromatic nitrogens is 2. The number of nitrogens with zero attached hydrogens (tertiary/aromatic N) is 2. The molecule has 34 heavy (non-hydrogen) atoms. The standard InChI is InChI=1S/C26H29N3O5/c1-32-17-21-23(34-3)15-22(28-14-13-24(30)27-26(28)31)25(21)29(16-18-7-5-4-6-8-18)19-9-11-20(33-2)12-10-19/h4-15,21-22,25H,16-17H2,1-3H3,(H,27,30,31)/t21-,22+,25+/m0/s1. The number of nitrogens with one attached hydrogen (secondary N) is 1. The molecule has 4 rings (SSSR count). The topological polar surface area (TPSA) is 85.8 Å². The van der Waals surface area contributed by atoms with E-state index in [1.807, 2.05) is 48.5 Å². The number of H-pyrrole nitrogens is 1. The van der Waals surface area contributed by atoms with Crippen LogP contribution in [0.5, 0.6) is 5.75 Å². The Morgan fingerprint density at radius 3 is 2.29 bits per heavy atom. The molecule has 2 aromatic carbocycles. The van der Waals surface area contributed by atoms with Gasteiger partial charge in [-0.3, -0.25) is 14.3 Å². The van der Waals surface area contributed by atoms with Crippen molar-refractivity contribution in [2.24, 2.45) is 5.92 Å². The smallest absolute Gasteiger partial charge is 0.328 e. The van der Waals surface area contributed by atoms with Crippen molar-refractivity contribution in [1.82, 2.24) is 9.55 Å². The quantitative estimate of drug-likeness (QED) is 0.525. The Balaban J connectivity index is 1.86. The third kappa shape index (κ3) is 4.77. The Morgan fingerprint density at radius 1 is 0.941 bits per heavy atom. The molecule has 178 valence electrons. The summed E-state index contributed by atoms with van der Waals surface area (Å²) in [5, 5.41) is 0. The van der Waals surface area contributed by atoms with Crippen LogP contribution in [0, 0.1) is 5.92 Å². The Labute approximate surface area is 198 Å². The summed E-state index contributed by atoms with van der Waals surface area (Å²) >= 11 is 0. The fourth-order valence-corrected chi connectivity index (χ4v) is 4.61. The summed E-state index contributed by atoms with van der Waals surface area (Å²) in [6, 6.07) is 18.7. The zero-order chi connectivity index (χ0) is 24.1. The number of ether oxygens (including phenoxy) is 3. The Kier molecular flexibility index (Phi) is 7.18. The van der Waals surface area contributed by atoms with Crippen LogP contribution in [0.15, 0.2) is 88.3 Å². The first-order chi connectivity index (χ1) is 16.5. The Hall–Kier alpha value is -3.78. The molecule has 1 heterocycles. The maximum Gasteiger partial charge on any atom is 0.328 e. The van der Waals surface area contributed by atoms with Crippen LogP contribution in [0.3, 0.4) is 0 Å². The van der Waals surface area contributed by atoms with Crippen LogP contribution < -0.4 is 20.9 Å². The second kappa shape index (κ2) is 10.4. The highest BCUT2D eigenvalue weighted by molar-refractivity contribution is 5.52. The molecule has 3 aromatic rings. The number of hydrogen-bond acceptors (Lipinski definition) is 6. The minimum atomic E-state index is -0.471. The van der Waals surface area contributed by atoms with Crippen molar-refractivity contribution in [3.8, 4) is 5.75 Å². The molecular formula is C26H29N3O5. The van der Waals surface area contributed by atoms with Crippen LogP contribution in [-0.2, 0) is 16.0 Å². The van der Waals surface area contributed by atoms with E-state index < -0.39 is 17.3 Å². The summed E-state index contributed by atoms with van der Waals surface area (Å²) < 4.78 is 18.2. The zero-order valence-corrected chi connectivity index (χ0v) is 19.5. The second-order valence-corrected chi connectivity index (χ2v) is 8.15. The van der Waals surface area contributed by atoms with Gasteiger partial charge in [0.2, 0.25) is 0 Å². The molecule has 0 amide bonds. The van der Waals surface area contributed by atoms with Gasteiger partial charge < -0.3 is 19.1 Å². The summed E-state index contributed by atoms with van der Waals surface area (Å²) in [7, 11) is 4.91. The van der Waals surface area contributed by atoms with Crippen LogP contribution >= 0.6 is 0 Å². The lowest BCUT2D eigenvalue weighted by molar-refractivity contribution is 0.119. The number of anilines is 1. The Bertz CT molecular complexity index is 1230. The second-order valence-electron chi connectivity index (χ2n) is 8.15. The lowest BCUT2D eigenvalue weighted by atomic mass is 9.96. The van der Waals surface area contributed by atoms with Gasteiger partial charge in [0.05, 0.1) is 38.8 Å². The molecule has 3 atom stereocenters. The minimum Gasteiger partial charge on any atom is -0.501 e. The maximum absolute atomic E-state index is 12.8. The third-order valence-corrected chi connectivity index (χ3v) is 6.18. The number of methoxy groups -OCH3 is 3. The van der Waals surface area contributed by atoms with Crippen molar-refractivity contribution in [1.29, 1.82) is 0 Å². The molecule has 8 nitrogen and oxygen atoms in total. The fraction of sp³-hybridized carbons (Fsp3) is 0.308. The van der Waals surface area contributed by atoms with E-state index in [-0.39, 0.29) is 12.0 Å². The van der Waals surface area contributed by atoms with Crippen LogP contribution in [-0.4, -0.2) is 43.5 Å². The third-order valence-electron chi connectivity index (χ3n) is 6.18. The molecule has 0 unspecified atom stereocenters. The lowest BCUT2D eigenvalue weighted by Crippen LogP contribution is -2.47. The number of benzene rings is 2. The predicted octanol–water partition coefficient (Wildman–Crippen LogP) is 2.97. The van der Waals surface area contributed by atoms with Crippen molar-refractivity contribution in [3.05, 3.63) is 105 Å². The average molecular weight is 464 g/mol. The molecule has 1 aliphatic carbocycles. The number of aromatic amines is 1. The van der Waals surface area contributed by atoms with Gasteiger partial charge in [-0.1, -0.05) is 30.3 Å². The van der Waals surface area contributed by atoms with E-state index in [2.05, 4.69) is 22.0 Å². The van der Waals surface area contributed by atoms with E-state index in [1.54, 1.807) is 25.9 Å². The minimum absolute atomic E-state index is 0.148. The summed E-state index contributed by atoms with van der Waals surface area (Å²) in [6.45, 7) is 0.998. The normalized spacial score (nSPS) is 19.5. The highest BCUT2D eigenvalue weighted by Gasteiger charge is 2.43. The molecular weight excluding hydrogens is 434 g/mol. The van der Waals surface area contributed by atoms with E-state index in [0.717, 1.165) is 22.8 Å².